The summed E-state index contributed by atoms with van der Waals surface area (Å²) in [5, 5.41) is 3.93. The van der Waals surface area contributed by atoms with Crippen molar-refractivity contribution < 1.29 is 22.8 Å². The fourth-order valence-electron chi connectivity index (χ4n) is 3.98. The zero-order valence-electron chi connectivity index (χ0n) is 17.3. The highest BCUT2D eigenvalue weighted by molar-refractivity contribution is 5.70. The van der Waals surface area contributed by atoms with E-state index >= 15 is 0 Å². The molecule has 2 fully saturated rings. The van der Waals surface area contributed by atoms with Crippen LogP contribution >= 0.6 is 0 Å². The Morgan fingerprint density at radius 1 is 1.06 bits per heavy atom. The van der Waals surface area contributed by atoms with Crippen LogP contribution < -0.4 is 19.3 Å². The van der Waals surface area contributed by atoms with E-state index in [9.17, 15) is 8.78 Å². The number of alkyl halides is 2. The molecule has 1 aliphatic heterocycles. The summed E-state index contributed by atoms with van der Waals surface area (Å²) in [6, 6.07) is 8.71. The number of ether oxygens (including phenoxy) is 2. The molecular weight excluding hydrogens is 420 g/mol. The van der Waals surface area contributed by atoms with E-state index in [1.165, 1.54) is 6.39 Å². The van der Waals surface area contributed by atoms with Gasteiger partial charge < -0.3 is 23.8 Å². The molecule has 5 rings (SSSR count). The largest absolute Gasteiger partial charge is 0.488 e. The Kier molecular flexibility index (Phi) is 5.74. The number of piperidine rings is 1. The third-order valence-electron chi connectivity index (χ3n) is 5.64. The lowest BCUT2D eigenvalue weighted by Gasteiger charge is -2.39. The molecule has 1 saturated carbocycles. The molecule has 2 aliphatic rings. The molecule has 32 heavy (non-hydrogen) atoms. The fourth-order valence-corrected chi connectivity index (χ4v) is 3.98. The van der Waals surface area contributed by atoms with Crippen molar-refractivity contribution in [1.29, 1.82) is 0 Å². The fraction of sp³-hybridized carbons (Fsp3) is 0.409. The lowest BCUT2D eigenvalue weighted by molar-refractivity contribution is -0.0498. The monoisotopic (exact) mass is 443 g/mol. The summed E-state index contributed by atoms with van der Waals surface area (Å²) in [5.74, 6) is 1.48. The smallest absolute Gasteiger partial charge is 0.387 e. The predicted molar refractivity (Wildman–Crippen MR) is 113 cm³/mol. The van der Waals surface area contributed by atoms with Crippen molar-refractivity contribution in [1.82, 2.24) is 15.1 Å². The third kappa shape index (κ3) is 4.58. The van der Waals surface area contributed by atoms with Crippen LogP contribution in [0, 0.1) is 0 Å². The van der Waals surface area contributed by atoms with E-state index in [1.807, 2.05) is 6.07 Å². The van der Waals surface area contributed by atoms with Crippen molar-refractivity contribution in [2.24, 2.45) is 0 Å². The molecule has 2 aromatic heterocycles. The number of anilines is 3. The zero-order valence-corrected chi connectivity index (χ0v) is 17.3. The number of rotatable bonds is 8. The number of pyridine rings is 1. The summed E-state index contributed by atoms with van der Waals surface area (Å²) in [6.07, 6.45) is 8.84. The van der Waals surface area contributed by atoms with Gasteiger partial charge in [0.05, 0.1) is 12.3 Å². The van der Waals surface area contributed by atoms with Crippen molar-refractivity contribution in [3.63, 3.8) is 0 Å². The van der Waals surface area contributed by atoms with Gasteiger partial charge in [-0.1, -0.05) is 0 Å². The highest BCUT2D eigenvalue weighted by atomic mass is 19.3. The number of hydrogen-bond acceptors (Lipinski definition) is 8. The molecule has 10 heteroatoms. The molecule has 0 spiro atoms. The Hall–Kier alpha value is -3.43. The van der Waals surface area contributed by atoms with Crippen LogP contribution in [0.15, 0.2) is 53.6 Å². The highest BCUT2D eigenvalue weighted by Crippen LogP contribution is 2.40. The van der Waals surface area contributed by atoms with Crippen LogP contribution in [0.1, 0.15) is 25.7 Å². The number of aromatic nitrogens is 3. The minimum absolute atomic E-state index is 0.122. The van der Waals surface area contributed by atoms with E-state index in [-0.39, 0.29) is 17.9 Å². The second-order valence-corrected chi connectivity index (χ2v) is 7.85. The SMILES string of the molecule is FC(F)Oc1ccc(N(c2cnccc2OC2CC2)C2CCN(c3ncon3)CC2)cc1. The van der Waals surface area contributed by atoms with Crippen molar-refractivity contribution in [3.8, 4) is 11.5 Å². The van der Waals surface area contributed by atoms with Crippen LogP contribution in [0.3, 0.4) is 0 Å². The average Bonchev–Trinajstić information content (AvgIpc) is 3.45. The second kappa shape index (κ2) is 8.97. The molecule has 1 saturated heterocycles. The molecule has 0 radical (unpaired) electrons. The normalized spacial score (nSPS) is 16.9. The van der Waals surface area contributed by atoms with Gasteiger partial charge >= 0.3 is 6.61 Å². The number of benzene rings is 1. The number of nitrogens with zero attached hydrogens (tertiary/aromatic N) is 5. The van der Waals surface area contributed by atoms with Crippen molar-refractivity contribution in [3.05, 3.63) is 49.1 Å². The lowest BCUT2D eigenvalue weighted by atomic mass is 10.0. The second-order valence-electron chi connectivity index (χ2n) is 7.85. The van der Waals surface area contributed by atoms with Crippen LogP contribution in [0.2, 0.25) is 0 Å². The van der Waals surface area contributed by atoms with Crippen LogP contribution in [0.25, 0.3) is 0 Å². The van der Waals surface area contributed by atoms with Crippen LogP contribution in [0.5, 0.6) is 11.5 Å². The first kappa shape index (κ1) is 20.5. The Morgan fingerprint density at radius 2 is 1.84 bits per heavy atom. The van der Waals surface area contributed by atoms with E-state index in [0.29, 0.717) is 5.95 Å². The van der Waals surface area contributed by atoms with E-state index in [4.69, 9.17) is 9.26 Å². The third-order valence-corrected chi connectivity index (χ3v) is 5.64. The van der Waals surface area contributed by atoms with Gasteiger partial charge in [-0.2, -0.15) is 13.8 Å². The van der Waals surface area contributed by atoms with Gasteiger partial charge in [0.2, 0.25) is 6.39 Å². The van der Waals surface area contributed by atoms with Gasteiger partial charge in [0, 0.05) is 37.1 Å². The summed E-state index contributed by atoms with van der Waals surface area (Å²) >= 11 is 0. The van der Waals surface area contributed by atoms with Gasteiger partial charge in [-0.25, -0.2) is 0 Å². The van der Waals surface area contributed by atoms with Gasteiger partial charge in [0.1, 0.15) is 17.2 Å². The minimum atomic E-state index is -2.86. The minimum Gasteiger partial charge on any atom is -0.488 e. The maximum absolute atomic E-state index is 12.6. The summed E-state index contributed by atoms with van der Waals surface area (Å²) in [6.45, 7) is -1.35. The quantitative estimate of drug-likeness (QED) is 0.507. The summed E-state index contributed by atoms with van der Waals surface area (Å²) in [7, 11) is 0. The Bertz CT molecular complexity index is 1010. The van der Waals surface area contributed by atoms with Gasteiger partial charge in [0.25, 0.3) is 5.95 Å². The summed E-state index contributed by atoms with van der Waals surface area (Å²) in [5.41, 5.74) is 1.72. The molecule has 0 amide bonds. The van der Waals surface area contributed by atoms with Gasteiger partial charge in [-0.15, -0.1) is 0 Å². The Balaban J connectivity index is 1.43. The molecular formula is C22H23F2N5O3. The predicted octanol–water partition coefficient (Wildman–Crippen LogP) is 4.41. The van der Waals surface area contributed by atoms with E-state index in [1.54, 1.807) is 36.7 Å². The van der Waals surface area contributed by atoms with Crippen molar-refractivity contribution in [2.75, 3.05) is 22.9 Å². The lowest BCUT2D eigenvalue weighted by Crippen LogP contribution is -2.43. The molecule has 168 valence electrons. The summed E-state index contributed by atoms with van der Waals surface area (Å²) < 4.78 is 40.7. The first-order valence-electron chi connectivity index (χ1n) is 10.6. The molecule has 0 N–H and O–H groups in total. The molecule has 0 bridgehead atoms. The van der Waals surface area contributed by atoms with E-state index in [2.05, 4.69) is 29.7 Å². The van der Waals surface area contributed by atoms with Gasteiger partial charge in [-0.3, -0.25) is 4.98 Å². The standard InChI is InChI=1S/C22H23F2N5O3/c23-21(24)32-18-3-1-15(2-4-18)29(19-13-25-10-7-20(19)31-17-5-6-17)16-8-11-28(12-9-16)22-26-14-30-27-22/h1-4,7,10,13-14,16-17,21H,5-6,8-9,11-12H2. The maximum Gasteiger partial charge on any atom is 0.387 e. The highest BCUT2D eigenvalue weighted by Gasteiger charge is 2.31. The molecule has 0 atom stereocenters. The van der Waals surface area contributed by atoms with Crippen LogP contribution in [-0.4, -0.2) is 47.0 Å². The van der Waals surface area contributed by atoms with Gasteiger partial charge in [0.15, 0.2) is 0 Å². The Labute approximate surface area is 183 Å². The van der Waals surface area contributed by atoms with E-state index in [0.717, 1.165) is 55.9 Å². The van der Waals surface area contributed by atoms with Crippen molar-refractivity contribution in [2.45, 2.75) is 44.4 Å². The zero-order chi connectivity index (χ0) is 21.9. The molecule has 1 aliphatic carbocycles. The van der Waals surface area contributed by atoms with Gasteiger partial charge in [-0.05, 0) is 55.1 Å². The van der Waals surface area contributed by atoms with Crippen LogP contribution in [0.4, 0.5) is 26.1 Å². The molecule has 0 unspecified atom stereocenters. The maximum atomic E-state index is 12.6. The van der Waals surface area contributed by atoms with Crippen molar-refractivity contribution >= 4 is 17.3 Å². The first-order valence-corrected chi connectivity index (χ1v) is 10.6. The number of hydrogen-bond donors (Lipinski definition) is 0. The van der Waals surface area contributed by atoms with Crippen LogP contribution in [-0.2, 0) is 0 Å². The molecule has 3 aromatic rings. The first-order chi connectivity index (χ1) is 15.7. The molecule has 3 heterocycles. The topological polar surface area (TPSA) is 76.8 Å². The molecule has 1 aromatic carbocycles. The average molecular weight is 443 g/mol. The number of halogens is 2. The molecule has 8 nitrogen and oxygen atoms in total. The summed E-state index contributed by atoms with van der Waals surface area (Å²) in [4.78, 5) is 12.8. The Morgan fingerprint density at radius 3 is 2.50 bits per heavy atom. The van der Waals surface area contributed by atoms with E-state index < -0.39 is 6.61 Å².